The summed E-state index contributed by atoms with van der Waals surface area (Å²) >= 11 is 5.35. The minimum absolute atomic E-state index is 0.0183. The summed E-state index contributed by atoms with van der Waals surface area (Å²) in [5, 5.41) is 4.44. The van der Waals surface area contributed by atoms with E-state index in [2.05, 4.69) is 15.1 Å². The van der Waals surface area contributed by atoms with Crippen LogP contribution in [0.2, 0.25) is 0 Å². The van der Waals surface area contributed by atoms with Gasteiger partial charge in [-0.05, 0) is 17.7 Å². The molecule has 0 bridgehead atoms. The molecule has 1 aromatic rings. The molecule has 0 spiro atoms. The number of hydrazone groups is 1. The van der Waals surface area contributed by atoms with Gasteiger partial charge in [-0.3, -0.25) is 4.79 Å². The highest BCUT2D eigenvalue weighted by Gasteiger charge is 2.44. The van der Waals surface area contributed by atoms with Crippen molar-refractivity contribution in [1.29, 1.82) is 0 Å². The van der Waals surface area contributed by atoms with E-state index >= 15 is 0 Å². The van der Waals surface area contributed by atoms with Crippen LogP contribution in [0.1, 0.15) is 30.3 Å². The summed E-state index contributed by atoms with van der Waals surface area (Å²) in [5.41, 5.74) is -1.43. The summed E-state index contributed by atoms with van der Waals surface area (Å²) in [5.74, 6) is -2.02. The summed E-state index contributed by atoms with van der Waals surface area (Å²) in [6, 6.07) is -0.888. The smallest absolute Gasteiger partial charge is 0.337 e. The molecule has 0 saturated carbocycles. The molecule has 0 aromatic carbocycles. The molecule has 12 heteroatoms. The van der Waals surface area contributed by atoms with Crippen molar-refractivity contribution in [2.24, 2.45) is 10.5 Å². The molecule has 4 rings (SSSR count). The highest BCUT2D eigenvalue weighted by atomic mass is 35.5. The molecule has 2 atom stereocenters. The third-order valence-electron chi connectivity index (χ3n) is 5.85. The van der Waals surface area contributed by atoms with Gasteiger partial charge in [-0.1, -0.05) is 6.92 Å². The lowest BCUT2D eigenvalue weighted by atomic mass is 9.75. The minimum Gasteiger partial charge on any atom is -0.337 e. The van der Waals surface area contributed by atoms with Crippen molar-refractivity contribution in [3.8, 4) is 0 Å². The highest BCUT2D eigenvalue weighted by Crippen LogP contribution is 2.42. The average molecular weight is 469 g/mol. The first-order chi connectivity index (χ1) is 15.2. The quantitative estimate of drug-likeness (QED) is 0.635. The Bertz CT molecular complexity index is 1040. The van der Waals surface area contributed by atoms with Crippen LogP contribution in [-0.4, -0.2) is 69.6 Å². The molecule has 1 saturated heterocycles. The van der Waals surface area contributed by atoms with Crippen molar-refractivity contribution in [1.82, 2.24) is 19.9 Å². The van der Waals surface area contributed by atoms with Gasteiger partial charge in [0.1, 0.15) is 11.7 Å². The van der Waals surface area contributed by atoms with Gasteiger partial charge in [0.25, 0.3) is 5.24 Å². The summed E-state index contributed by atoms with van der Waals surface area (Å²) < 4.78 is 41.4. The number of rotatable bonds is 3. The van der Waals surface area contributed by atoms with E-state index in [9.17, 15) is 22.8 Å². The number of amides is 2. The first kappa shape index (κ1) is 22.3. The molecule has 1 aromatic heterocycles. The summed E-state index contributed by atoms with van der Waals surface area (Å²) in [4.78, 5) is 35.5. The standard InChI is InChI=1S/C20H20ClF3N6O2/c1-20(9-12(22)8-13(23)10-20)15-2-3-26-30(15)19(32)29-6-4-28(5-7-29)18-25-11-14(24)16(27-18)17(21)31/h3,8-9,11,15H,2,4-7,10H2,1H3/t15-,20?/m0/s1. The fourth-order valence-corrected chi connectivity index (χ4v) is 4.36. The normalized spacial score (nSPS) is 25.7. The van der Waals surface area contributed by atoms with Crippen molar-refractivity contribution in [2.75, 3.05) is 31.1 Å². The zero-order chi connectivity index (χ0) is 23.0. The van der Waals surface area contributed by atoms with E-state index in [1.807, 2.05) is 0 Å². The molecular formula is C20H20ClF3N6O2. The van der Waals surface area contributed by atoms with Crippen LogP contribution in [0.5, 0.6) is 0 Å². The maximum Gasteiger partial charge on any atom is 0.340 e. The van der Waals surface area contributed by atoms with Crippen LogP contribution >= 0.6 is 11.6 Å². The number of nitrogens with zero attached hydrogens (tertiary/aromatic N) is 6. The number of allylic oxidation sites excluding steroid dienone is 3. The van der Waals surface area contributed by atoms with Crippen molar-refractivity contribution in [3.05, 3.63) is 41.5 Å². The Kier molecular flexibility index (Phi) is 5.93. The fourth-order valence-electron chi connectivity index (χ4n) is 4.22. The first-order valence-corrected chi connectivity index (χ1v) is 10.4. The van der Waals surface area contributed by atoms with Gasteiger partial charge in [-0.15, -0.1) is 0 Å². The Labute approximate surface area is 187 Å². The molecule has 1 fully saturated rings. The van der Waals surface area contributed by atoms with Crippen LogP contribution in [0, 0.1) is 11.2 Å². The van der Waals surface area contributed by atoms with E-state index in [1.165, 1.54) is 11.1 Å². The lowest BCUT2D eigenvalue weighted by Gasteiger charge is -2.41. The maximum atomic E-state index is 13.9. The number of urea groups is 1. The van der Waals surface area contributed by atoms with Gasteiger partial charge in [0.2, 0.25) is 5.95 Å². The molecule has 1 unspecified atom stereocenters. The van der Waals surface area contributed by atoms with Gasteiger partial charge in [0, 0.05) is 56.7 Å². The van der Waals surface area contributed by atoms with E-state index in [4.69, 9.17) is 11.6 Å². The minimum atomic E-state index is -1.02. The molecule has 170 valence electrons. The molecule has 2 aliphatic heterocycles. The molecule has 3 heterocycles. The van der Waals surface area contributed by atoms with E-state index in [-0.39, 0.29) is 31.5 Å². The van der Waals surface area contributed by atoms with Gasteiger partial charge < -0.3 is 9.80 Å². The average Bonchev–Trinajstić information content (AvgIpc) is 3.23. The van der Waals surface area contributed by atoms with Crippen molar-refractivity contribution in [2.45, 2.75) is 25.8 Å². The molecular weight excluding hydrogens is 449 g/mol. The predicted molar refractivity (Wildman–Crippen MR) is 111 cm³/mol. The Hall–Kier alpha value is -2.95. The van der Waals surface area contributed by atoms with Crippen LogP contribution in [-0.2, 0) is 0 Å². The zero-order valence-corrected chi connectivity index (χ0v) is 17.9. The van der Waals surface area contributed by atoms with Crippen molar-refractivity contribution < 1.29 is 22.8 Å². The second-order valence-corrected chi connectivity index (χ2v) is 8.44. The van der Waals surface area contributed by atoms with Crippen molar-refractivity contribution >= 4 is 35.0 Å². The monoisotopic (exact) mass is 468 g/mol. The van der Waals surface area contributed by atoms with E-state index in [0.717, 1.165) is 12.3 Å². The molecule has 0 N–H and O–H groups in total. The van der Waals surface area contributed by atoms with Gasteiger partial charge in [0.05, 0.1) is 12.2 Å². The summed E-state index contributed by atoms with van der Waals surface area (Å²) in [7, 11) is 0. The molecule has 8 nitrogen and oxygen atoms in total. The zero-order valence-electron chi connectivity index (χ0n) is 17.1. The number of hydrogen-bond acceptors (Lipinski definition) is 6. The van der Waals surface area contributed by atoms with E-state index in [1.54, 1.807) is 22.9 Å². The SMILES string of the molecule is CC1([C@@H]2CC=NN2C(=O)N2CCN(c3ncc(F)c(C(=O)Cl)n3)CC2)C=C(F)C=C(F)C1. The number of carbonyl (C=O) groups is 2. The number of aromatic nitrogens is 2. The first-order valence-electron chi connectivity index (χ1n) is 10.0. The molecule has 2 amide bonds. The second-order valence-electron chi connectivity index (χ2n) is 8.09. The largest absolute Gasteiger partial charge is 0.340 e. The summed E-state index contributed by atoms with van der Waals surface area (Å²) in [6.07, 6.45) is 5.01. The lowest BCUT2D eigenvalue weighted by Crippen LogP contribution is -2.55. The number of halogens is 4. The van der Waals surface area contributed by atoms with Gasteiger partial charge in [-0.25, -0.2) is 32.9 Å². The van der Waals surface area contributed by atoms with Crippen LogP contribution in [0.15, 0.2) is 35.1 Å². The predicted octanol–water partition coefficient (Wildman–Crippen LogP) is 3.41. The Morgan fingerprint density at radius 1 is 1.19 bits per heavy atom. The van der Waals surface area contributed by atoms with Crippen LogP contribution in [0.25, 0.3) is 0 Å². The molecule has 32 heavy (non-hydrogen) atoms. The van der Waals surface area contributed by atoms with E-state index < -0.39 is 39.9 Å². The number of piperazine rings is 1. The number of carbonyl (C=O) groups excluding carboxylic acids is 2. The molecule has 0 radical (unpaired) electrons. The lowest BCUT2D eigenvalue weighted by molar-refractivity contribution is 0.103. The Morgan fingerprint density at radius 3 is 2.56 bits per heavy atom. The van der Waals surface area contributed by atoms with Gasteiger partial charge in [0.15, 0.2) is 11.5 Å². The maximum absolute atomic E-state index is 13.9. The summed E-state index contributed by atoms with van der Waals surface area (Å²) in [6.45, 7) is 2.95. The van der Waals surface area contributed by atoms with Crippen molar-refractivity contribution in [3.63, 3.8) is 0 Å². The fraction of sp³-hybridized carbons (Fsp3) is 0.450. The van der Waals surface area contributed by atoms with Gasteiger partial charge in [-0.2, -0.15) is 5.10 Å². The third kappa shape index (κ3) is 4.21. The molecule has 1 aliphatic carbocycles. The van der Waals surface area contributed by atoms with Crippen LogP contribution < -0.4 is 4.90 Å². The van der Waals surface area contributed by atoms with E-state index in [0.29, 0.717) is 19.5 Å². The van der Waals surface area contributed by atoms with Gasteiger partial charge >= 0.3 is 6.03 Å². The van der Waals surface area contributed by atoms with Crippen LogP contribution in [0.4, 0.5) is 23.9 Å². The second kappa shape index (κ2) is 8.53. The Balaban J connectivity index is 1.43. The highest BCUT2D eigenvalue weighted by molar-refractivity contribution is 6.67. The number of anilines is 1. The molecule has 3 aliphatic rings. The van der Waals surface area contributed by atoms with Crippen LogP contribution in [0.3, 0.4) is 0 Å². The topological polar surface area (TPSA) is 82.0 Å². The Morgan fingerprint density at radius 2 is 1.91 bits per heavy atom. The number of hydrogen-bond donors (Lipinski definition) is 0. The third-order valence-corrected chi connectivity index (χ3v) is 6.03.